The largest absolute Gasteiger partial charge is 0.221 e. The number of aromatic nitrogens is 1. The van der Waals surface area contributed by atoms with Gasteiger partial charge in [-0.15, -0.1) is 0 Å². The summed E-state index contributed by atoms with van der Waals surface area (Å²) in [5.41, 5.74) is 7.63. The fourth-order valence-electron chi connectivity index (χ4n) is 6.12. The van der Waals surface area contributed by atoms with E-state index in [1.54, 1.807) is 5.56 Å². The van der Waals surface area contributed by atoms with Crippen molar-refractivity contribution in [2.75, 3.05) is 0 Å². The molecule has 0 N–H and O–H groups in total. The molecule has 2 aromatic carbocycles. The summed E-state index contributed by atoms with van der Waals surface area (Å²) in [5, 5.41) is 2.83. The van der Waals surface area contributed by atoms with Crippen LogP contribution in [0.15, 0.2) is 48.7 Å². The summed E-state index contributed by atoms with van der Waals surface area (Å²) in [6, 6.07) is 16.2. The Morgan fingerprint density at radius 2 is 1.44 bits per heavy atom. The summed E-state index contributed by atoms with van der Waals surface area (Å²) in [7, 11) is 0. The lowest BCUT2D eigenvalue weighted by molar-refractivity contribution is -0.764. The van der Waals surface area contributed by atoms with Crippen LogP contribution in [-0.4, -0.2) is 0 Å². The Balaban J connectivity index is 2.10. The summed E-state index contributed by atoms with van der Waals surface area (Å²) < 4.78 is 2.63. The molecule has 2 heterocycles. The van der Waals surface area contributed by atoms with E-state index in [-0.39, 0.29) is 16.4 Å². The Morgan fingerprint density at radius 1 is 0.778 bits per heavy atom. The summed E-state index contributed by atoms with van der Waals surface area (Å²) in [6.07, 6.45) is 4.62. The molecule has 1 nitrogen and oxygen atoms in total. The number of benzene rings is 2. The maximum atomic E-state index is 2.63. The molecular weight excluding hydrogens is 326 g/mol. The quantitative estimate of drug-likeness (QED) is 0.479. The van der Waals surface area contributed by atoms with Gasteiger partial charge in [-0.1, -0.05) is 64.1 Å². The molecule has 0 radical (unpaired) electrons. The lowest BCUT2D eigenvalue weighted by Gasteiger charge is -2.49. The summed E-state index contributed by atoms with van der Waals surface area (Å²) in [4.78, 5) is 0. The second kappa shape index (κ2) is 5.01. The average Bonchev–Trinajstić information content (AvgIpc) is 2.69. The number of hydrogen-bond acceptors (Lipinski definition) is 0. The van der Waals surface area contributed by atoms with Crippen molar-refractivity contribution < 1.29 is 4.57 Å². The third kappa shape index (κ3) is 1.70. The van der Waals surface area contributed by atoms with Crippen LogP contribution in [0.4, 0.5) is 0 Å². The third-order valence-corrected chi connectivity index (χ3v) is 8.34. The molecule has 0 spiro atoms. The maximum Gasteiger partial charge on any atom is 0.221 e. The SMILES string of the molecule is CCC1(C)c2cccc3c2-c2c4c(cccc4cc[n+]2C1(C)CC)C3(C)C. The fourth-order valence-corrected chi connectivity index (χ4v) is 6.12. The van der Waals surface area contributed by atoms with E-state index < -0.39 is 0 Å². The van der Waals surface area contributed by atoms with Gasteiger partial charge in [-0.3, -0.25) is 0 Å². The molecule has 3 aromatic rings. The topological polar surface area (TPSA) is 3.88 Å². The van der Waals surface area contributed by atoms with E-state index in [1.807, 2.05) is 0 Å². The number of pyridine rings is 1. The first-order chi connectivity index (χ1) is 12.8. The van der Waals surface area contributed by atoms with Crippen LogP contribution in [0.3, 0.4) is 0 Å². The van der Waals surface area contributed by atoms with Crippen molar-refractivity contribution in [3.8, 4) is 11.3 Å². The first-order valence-electron chi connectivity index (χ1n) is 10.4. The fraction of sp³-hybridized carbons (Fsp3) is 0.423. The van der Waals surface area contributed by atoms with Gasteiger partial charge < -0.3 is 0 Å². The Hall–Kier alpha value is -2.15. The van der Waals surface area contributed by atoms with Gasteiger partial charge in [-0.25, -0.2) is 0 Å². The lowest BCUT2D eigenvalue weighted by atomic mass is 9.57. The predicted octanol–water partition coefficient (Wildman–Crippen LogP) is 6.24. The molecule has 2 aliphatic rings. The van der Waals surface area contributed by atoms with Crippen LogP contribution >= 0.6 is 0 Å². The Bertz CT molecular complexity index is 1110. The van der Waals surface area contributed by atoms with Crippen LogP contribution in [0.2, 0.25) is 0 Å². The van der Waals surface area contributed by atoms with Gasteiger partial charge >= 0.3 is 0 Å². The van der Waals surface area contributed by atoms with Crippen molar-refractivity contribution in [3.63, 3.8) is 0 Å². The zero-order chi connectivity index (χ0) is 19.2. The molecule has 2 atom stereocenters. The van der Waals surface area contributed by atoms with Crippen LogP contribution in [0.5, 0.6) is 0 Å². The van der Waals surface area contributed by atoms with Gasteiger partial charge in [-0.05, 0) is 35.4 Å². The van der Waals surface area contributed by atoms with Gasteiger partial charge in [0.2, 0.25) is 5.69 Å². The van der Waals surface area contributed by atoms with Gasteiger partial charge in [0, 0.05) is 24.8 Å². The van der Waals surface area contributed by atoms with E-state index in [4.69, 9.17) is 0 Å². The highest BCUT2D eigenvalue weighted by Crippen LogP contribution is 2.56. The molecule has 0 fully saturated rings. The molecule has 5 rings (SSSR count). The number of hydrogen-bond donors (Lipinski definition) is 0. The number of nitrogens with zero attached hydrogens (tertiary/aromatic N) is 1. The van der Waals surface area contributed by atoms with Crippen LogP contribution in [0, 0.1) is 0 Å². The van der Waals surface area contributed by atoms with E-state index >= 15 is 0 Å². The minimum atomic E-state index is 0.0195. The zero-order valence-corrected chi connectivity index (χ0v) is 17.5. The molecule has 0 saturated carbocycles. The van der Waals surface area contributed by atoms with Crippen molar-refractivity contribution in [3.05, 3.63) is 65.4 Å². The summed E-state index contributed by atoms with van der Waals surface area (Å²) in [6.45, 7) is 14.5. The molecule has 0 amide bonds. The Labute approximate surface area is 163 Å². The maximum absolute atomic E-state index is 2.63. The highest BCUT2D eigenvalue weighted by Gasteiger charge is 2.58. The smallest absolute Gasteiger partial charge is 0.192 e. The second-order valence-corrected chi connectivity index (χ2v) is 9.47. The van der Waals surface area contributed by atoms with E-state index in [0.717, 1.165) is 12.8 Å². The lowest BCUT2D eigenvalue weighted by Crippen LogP contribution is -2.68. The van der Waals surface area contributed by atoms with Crippen molar-refractivity contribution in [1.82, 2.24) is 0 Å². The zero-order valence-electron chi connectivity index (χ0n) is 17.5. The minimum Gasteiger partial charge on any atom is -0.192 e. The normalized spacial score (nSPS) is 27.0. The van der Waals surface area contributed by atoms with Crippen molar-refractivity contribution in [2.45, 2.75) is 70.8 Å². The van der Waals surface area contributed by atoms with Crippen LogP contribution in [0.25, 0.3) is 22.0 Å². The van der Waals surface area contributed by atoms with Gasteiger partial charge in [-0.2, -0.15) is 4.57 Å². The highest BCUT2D eigenvalue weighted by molar-refractivity contribution is 6.01. The van der Waals surface area contributed by atoms with Gasteiger partial charge in [0.1, 0.15) is 0 Å². The van der Waals surface area contributed by atoms with Crippen LogP contribution in [0.1, 0.15) is 71.1 Å². The monoisotopic (exact) mass is 356 g/mol. The van der Waals surface area contributed by atoms with Crippen molar-refractivity contribution >= 4 is 10.8 Å². The highest BCUT2D eigenvalue weighted by atomic mass is 15.1. The van der Waals surface area contributed by atoms with Crippen LogP contribution < -0.4 is 4.57 Å². The minimum absolute atomic E-state index is 0.0195. The first kappa shape index (κ1) is 17.0. The Kier molecular flexibility index (Phi) is 3.15. The Morgan fingerprint density at radius 3 is 2.15 bits per heavy atom. The summed E-state index contributed by atoms with van der Waals surface area (Å²) in [5.74, 6) is 0. The molecule has 2 unspecified atom stereocenters. The second-order valence-electron chi connectivity index (χ2n) is 9.47. The average molecular weight is 357 g/mol. The van der Waals surface area contributed by atoms with E-state index in [1.165, 1.54) is 33.2 Å². The van der Waals surface area contributed by atoms with E-state index in [0.29, 0.717) is 0 Å². The molecule has 27 heavy (non-hydrogen) atoms. The van der Waals surface area contributed by atoms with Gasteiger partial charge in [0.15, 0.2) is 11.7 Å². The molecule has 138 valence electrons. The van der Waals surface area contributed by atoms with Crippen molar-refractivity contribution in [2.24, 2.45) is 0 Å². The predicted molar refractivity (Wildman–Crippen MR) is 113 cm³/mol. The molecule has 1 aliphatic carbocycles. The molecule has 1 aliphatic heterocycles. The van der Waals surface area contributed by atoms with Crippen LogP contribution in [-0.2, 0) is 16.4 Å². The number of rotatable bonds is 2. The standard InChI is InChI=1S/C26H30N/c1-7-25(5)20-14-10-13-19-22(20)23-21-17(11-9-12-18(21)24(19,3)4)15-16-27(23)26(25,6)8-2/h9-16H,7-8H2,1-6H3/q+1. The molecule has 0 bridgehead atoms. The first-order valence-corrected chi connectivity index (χ1v) is 10.4. The van der Waals surface area contributed by atoms with Crippen molar-refractivity contribution in [1.29, 1.82) is 0 Å². The van der Waals surface area contributed by atoms with E-state index in [9.17, 15) is 0 Å². The summed E-state index contributed by atoms with van der Waals surface area (Å²) >= 11 is 0. The molecule has 1 aromatic heterocycles. The molecule has 0 saturated heterocycles. The third-order valence-electron chi connectivity index (χ3n) is 8.34. The molecular formula is C26H30N+. The van der Waals surface area contributed by atoms with Gasteiger partial charge in [0.25, 0.3) is 0 Å². The molecule has 1 heteroatoms. The van der Waals surface area contributed by atoms with Gasteiger partial charge in [0.05, 0.1) is 16.4 Å². The van der Waals surface area contributed by atoms with E-state index in [2.05, 4.69) is 94.8 Å².